The molecule has 1 fully saturated rings. The first-order valence-corrected chi connectivity index (χ1v) is 8.10. The Balaban J connectivity index is 0.00000289. The van der Waals surface area contributed by atoms with E-state index in [4.69, 9.17) is 0 Å². The highest BCUT2D eigenvalue weighted by atomic mass is 35.5. The van der Waals surface area contributed by atoms with Crippen LogP contribution in [0.5, 0.6) is 0 Å². The Morgan fingerprint density at radius 2 is 2.00 bits per heavy atom. The molecule has 108 valence electrons. The van der Waals surface area contributed by atoms with E-state index in [9.17, 15) is 13.2 Å². The number of rotatable bonds is 8. The molecule has 1 aliphatic carbocycles. The lowest BCUT2D eigenvalue weighted by Gasteiger charge is -2.13. The minimum Gasteiger partial charge on any atom is -0.353 e. The average molecular weight is 299 g/mol. The van der Waals surface area contributed by atoms with Crippen molar-refractivity contribution >= 4 is 28.2 Å². The van der Waals surface area contributed by atoms with E-state index in [1.54, 1.807) is 0 Å². The van der Waals surface area contributed by atoms with Crippen LogP contribution in [0.25, 0.3) is 0 Å². The molecule has 2 N–H and O–H groups in total. The Hall–Kier alpha value is -0.330. The lowest BCUT2D eigenvalue weighted by Crippen LogP contribution is -2.40. The van der Waals surface area contributed by atoms with Gasteiger partial charge in [0.15, 0.2) is 0 Å². The lowest BCUT2D eigenvalue weighted by molar-refractivity contribution is -0.120. The van der Waals surface area contributed by atoms with E-state index in [0.29, 0.717) is 13.0 Å². The Morgan fingerprint density at radius 1 is 1.39 bits per heavy atom. The maximum absolute atomic E-state index is 11.5. The number of nitrogens with one attached hydrogen (secondary N) is 2. The van der Waals surface area contributed by atoms with Crippen molar-refractivity contribution in [3.05, 3.63) is 0 Å². The highest BCUT2D eigenvalue weighted by Crippen LogP contribution is 2.27. The summed E-state index contributed by atoms with van der Waals surface area (Å²) in [4.78, 5) is 11.5. The molecule has 0 saturated heterocycles. The minimum absolute atomic E-state index is 0. The quantitative estimate of drug-likeness (QED) is 0.678. The van der Waals surface area contributed by atoms with Crippen LogP contribution in [0.3, 0.4) is 0 Å². The van der Waals surface area contributed by atoms with Gasteiger partial charge in [0.2, 0.25) is 5.91 Å². The van der Waals surface area contributed by atoms with Gasteiger partial charge in [-0.2, -0.15) is 0 Å². The summed E-state index contributed by atoms with van der Waals surface area (Å²) < 4.78 is 21.9. The summed E-state index contributed by atoms with van der Waals surface area (Å²) in [5.74, 6) is 0.807. The second kappa shape index (κ2) is 7.96. The average Bonchev–Trinajstić information content (AvgIpc) is 2.97. The van der Waals surface area contributed by atoms with Crippen LogP contribution in [0.2, 0.25) is 0 Å². The Kier molecular flexibility index (Phi) is 7.82. The van der Waals surface area contributed by atoms with Crippen LogP contribution >= 0.6 is 12.4 Å². The Morgan fingerprint density at radius 3 is 2.50 bits per heavy atom. The van der Waals surface area contributed by atoms with Gasteiger partial charge in [-0.25, -0.2) is 8.42 Å². The molecule has 0 bridgehead atoms. The molecule has 0 aromatic carbocycles. The summed E-state index contributed by atoms with van der Waals surface area (Å²) in [7, 11) is -2.94. The van der Waals surface area contributed by atoms with Crippen LogP contribution in [0.4, 0.5) is 0 Å². The molecular weight excluding hydrogens is 276 g/mol. The molecule has 1 amide bonds. The Bertz CT molecular complexity index is 355. The summed E-state index contributed by atoms with van der Waals surface area (Å²) >= 11 is 0. The molecule has 7 heteroatoms. The van der Waals surface area contributed by atoms with Gasteiger partial charge in [-0.3, -0.25) is 4.79 Å². The first kappa shape index (κ1) is 17.7. The molecule has 0 radical (unpaired) electrons. The van der Waals surface area contributed by atoms with Gasteiger partial charge < -0.3 is 10.6 Å². The van der Waals surface area contributed by atoms with Crippen molar-refractivity contribution in [3.8, 4) is 0 Å². The molecule has 0 aromatic rings. The highest BCUT2D eigenvalue weighted by molar-refractivity contribution is 7.90. The third-order valence-electron chi connectivity index (χ3n) is 2.74. The van der Waals surface area contributed by atoms with E-state index in [1.165, 1.54) is 19.1 Å². The van der Waals surface area contributed by atoms with E-state index in [2.05, 4.69) is 10.6 Å². The van der Waals surface area contributed by atoms with Gasteiger partial charge in [0.05, 0.1) is 12.3 Å². The van der Waals surface area contributed by atoms with Gasteiger partial charge in [0.25, 0.3) is 0 Å². The second-order valence-corrected chi connectivity index (χ2v) is 7.22. The third-order valence-corrected chi connectivity index (χ3v) is 3.72. The summed E-state index contributed by atoms with van der Waals surface area (Å²) in [5.41, 5.74) is 0. The number of hydrogen-bond acceptors (Lipinski definition) is 4. The van der Waals surface area contributed by atoms with Crippen molar-refractivity contribution in [2.24, 2.45) is 5.92 Å². The van der Waals surface area contributed by atoms with E-state index in [-0.39, 0.29) is 30.1 Å². The summed E-state index contributed by atoms with van der Waals surface area (Å²) in [5, 5.41) is 5.88. The van der Waals surface area contributed by atoms with E-state index in [0.717, 1.165) is 12.5 Å². The molecule has 0 spiro atoms. The molecule has 0 aliphatic heterocycles. The van der Waals surface area contributed by atoms with Crippen LogP contribution in [-0.4, -0.2) is 45.5 Å². The van der Waals surface area contributed by atoms with E-state index >= 15 is 0 Å². The number of halogens is 1. The standard InChI is InChI=1S/C11H22N2O3S.ClH/c1-9(5-6-17(2,15)16)13-11(14)8-12-7-10-3-4-10;/h9-10,12H,3-8H2,1-2H3,(H,13,14);1H. The zero-order chi connectivity index (χ0) is 12.9. The lowest BCUT2D eigenvalue weighted by atomic mass is 10.2. The van der Waals surface area contributed by atoms with Crippen molar-refractivity contribution in [1.29, 1.82) is 0 Å². The smallest absolute Gasteiger partial charge is 0.234 e. The number of carbonyl (C=O) groups excluding carboxylic acids is 1. The van der Waals surface area contributed by atoms with Gasteiger partial charge in [0.1, 0.15) is 9.84 Å². The topological polar surface area (TPSA) is 75.3 Å². The van der Waals surface area contributed by atoms with Crippen LogP contribution in [-0.2, 0) is 14.6 Å². The fraction of sp³-hybridized carbons (Fsp3) is 0.909. The van der Waals surface area contributed by atoms with E-state index in [1.807, 2.05) is 6.92 Å². The molecule has 1 unspecified atom stereocenters. The largest absolute Gasteiger partial charge is 0.353 e. The summed E-state index contributed by atoms with van der Waals surface area (Å²) in [6, 6.07) is -0.0973. The van der Waals surface area contributed by atoms with Crippen LogP contribution in [0.1, 0.15) is 26.2 Å². The second-order valence-electron chi connectivity index (χ2n) is 4.96. The van der Waals surface area contributed by atoms with Crippen LogP contribution in [0.15, 0.2) is 0 Å². The van der Waals surface area contributed by atoms with Gasteiger partial charge in [-0.15, -0.1) is 12.4 Å². The molecule has 1 rings (SSSR count). The van der Waals surface area contributed by atoms with E-state index < -0.39 is 9.84 Å². The zero-order valence-electron chi connectivity index (χ0n) is 10.9. The Labute approximate surface area is 115 Å². The van der Waals surface area contributed by atoms with Crippen molar-refractivity contribution in [2.75, 3.05) is 25.1 Å². The molecule has 1 saturated carbocycles. The van der Waals surface area contributed by atoms with Crippen LogP contribution < -0.4 is 10.6 Å². The normalized spacial score (nSPS) is 16.8. The fourth-order valence-corrected chi connectivity index (χ4v) is 2.28. The number of carbonyl (C=O) groups is 1. The van der Waals surface area contributed by atoms with Gasteiger partial charge in [-0.1, -0.05) is 0 Å². The molecule has 1 aliphatic rings. The van der Waals surface area contributed by atoms with Crippen molar-refractivity contribution in [1.82, 2.24) is 10.6 Å². The molecule has 1 atom stereocenters. The fourth-order valence-electron chi connectivity index (χ4n) is 1.50. The maximum atomic E-state index is 11.5. The van der Waals surface area contributed by atoms with Gasteiger partial charge >= 0.3 is 0 Å². The van der Waals surface area contributed by atoms with Crippen molar-refractivity contribution < 1.29 is 13.2 Å². The summed E-state index contributed by atoms with van der Waals surface area (Å²) in [6.45, 7) is 3.05. The van der Waals surface area contributed by atoms with Crippen molar-refractivity contribution in [2.45, 2.75) is 32.2 Å². The predicted octanol–water partition coefficient (Wildman–Crippen LogP) is 0.347. The zero-order valence-corrected chi connectivity index (χ0v) is 12.6. The van der Waals surface area contributed by atoms with Crippen molar-refractivity contribution in [3.63, 3.8) is 0 Å². The predicted molar refractivity (Wildman–Crippen MR) is 74.8 cm³/mol. The molecular formula is C11H23ClN2O3S. The first-order chi connectivity index (χ1) is 7.87. The maximum Gasteiger partial charge on any atom is 0.234 e. The minimum atomic E-state index is -2.94. The van der Waals surface area contributed by atoms with Gasteiger partial charge in [-0.05, 0) is 38.6 Å². The molecule has 0 aromatic heterocycles. The molecule has 5 nitrogen and oxygen atoms in total. The number of hydrogen-bond donors (Lipinski definition) is 2. The SMILES string of the molecule is CC(CCS(C)(=O)=O)NC(=O)CNCC1CC1.Cl. The monoisotopic (exact) mass is 298 g/mol. The third kappa shape index (κ3) is 9.67. The molecule has 0 heterocycles. The van der Waals surface area contributed by atoms with Crippen LogP contribution in [0, 0.1) is 5.92 Å². The highest BCUT2D eigenvalue weighted by Gasteiger charge is 2.20. The number of amides is 1. The number of sulfone groups is 1. The summed E-state index contributed by atoms with van der Waals surface area (Å²) in [6.07, 6.45) is 4.20. The van der Waals surface area contributed by atoms with Gasteiger partial charge in [0, 0.05) is 12.3 Å². The molecule has 18 heavy (non-hydrogen) atoms. The first-order valence-electron chi connectivity index (χ1n) is 6.04.